The number of likely N-dealkylation sites (tertiary alicyclic amines) is 1. The van der Waals surface area contributed by atoms with Crippen LogP contribution in [0, 0.1) is 22.9 Å². The molecule has 0 spiro atoms. The van der Waals surface area contributed by atoms with Crippen LogP contribution in [0.15, 0.2) is 30.3 Å². The third-order valence-electron chi connectivity index (χ3n) is 4.69. The number of anilines is 2. The Kier molecular flexibility index (Phi) is 5.46. The molecule has 1 aliphatic heterocycles. The van der Waals surface area contributed by atoms with E-state index in [9.17, 15) is 13.2 Å². The molecule has 1 fully saturated rings. The van der Waals surface area contributed by atoms with Crippen molar-refractivity contribution < 1.29 is 13.2 Å². The van der Waals surface area contributed by atoms with Crippen LogP contribution in [0.5, 0.6) is 0 Å². The molecule has 0 saturated carbocycles. The topological polar surface area (TPSA) is 65.1 Å². The maximum Gasteiger partial charge on any atom is 0.133 e. The third kappa shape index (κ3) is 4.16. The maximum absolute atomic E-state index is 13.8. The Morgan fingerprint density at radius 3 is 2.38 bits per heavy atom. The Hall–Kier alpha value is -2.54. The predicted octanol–water partition coefficient (Wildman–Crippen LogP) is 3.76. The fourth-order valence-electron chi connectivity index (χ4n) is 3.21. The summed E-state index contributed by atoms with van der Waals surface area (Å²) in [6.07, 6.45) is 2.85. The van der Waals surface area contributed by atoms with Crippen molar-refractivity contribution in [1.82, 2.24) is 4.90 Å². The number of nitrogens with one attached hydrogen (secondary N) is 2. The summed E-state index contributed by atoms with van der Waals surface area (Å²) in [7, 11) is 0. The lowest BCUT2D eigenvalue weighted by Crippen LogP contribution is -2.39. The van der Waals surface area contributed by atoms with Gasteiger partial charge in [-0.25, -0.2) is 13.2 Å². The van der Waals surface area contributed by atoms with Crippen LogP contribution >= 0.6 is 0 Å². The van der Waals surface area contributed by atoms with Gasteiger partial charge in [-0.1, -0.05) is 0 Å². The van der Waals surface area contributed by atoms with Gasteiger partial charge in [0.2, 0.25) is 0 Å². The summed E-state index contributed by atoms with van der Waals surface area (Å²) in [5, 5.41) is 10.8. The number of halogens is 3. The highest BCUT2D eigenvalue weighted by Gasteiger charge is 2.22. The van der Waals surface area contributed by atoms with E-state index in [4.69, 9.17) is 11.1 Å². The van der Waals surface area contributed by atoms with Crippen LogP contribution in [0.3, 0.4) is 0 Å². The highest BCUT2D eigenvalue weighted by atomic mass is 19.1. The number of piperidine rings is 1. The van der Waals surface area contributed by atoms with Crippen LogP contribution in [0.2, 0.25) is 0 Å². The van der Waals surface area contributed by atoms with Gasteiger partial charge in [-0.15, -0.1) is 0 Å². The van der Waals surface area contributed by atoms with E-state index >= 15 is 0 Å². The SMILES string of the molecule is N=Cc1cc(NC2CCN(Cc3c(F)cc(F)cc3F)CC2)ccc1N. The van der Waals surface area contributed by atoms with E-state index in [1.807, 2.05) is 17.0 Å². The predicted molar refractivity (Wildman–Crippen MR) is 97.0 cm³/mol. The average Bonchev–Trinajstić information content (AvgIpc) is 2.61. The highest BCUT2D eigenvalue weighted by molar-refractivity contribution is 5.86. The average molecular weight is 362 g/mol. The van der Waals surface area contributed by atoms with Gasteiger partial charge in [-0.2, -0.15) is 0 Å². The van der Waals surface area contributed by atoms with Crippen LogP contribution in [0.1, 0.15) is 24.0 Å². The number of nitrogens with zero attached hydrogens (tertiary/aromatic N) is 1. The van der Waals surface area contributed by atoms with Gasteiger partial charge in [0.05, 0.1) is 0 Å². The molecule has 1 saturated heterocycles. The first-order valence-corrected chi connectivity index (χ1v) is 8.48. The molecule has 1 aliphatic rings. The molecule has 0 aliphatic carbocycles. The molecule has 1 heterocycles. The molecule has 3 rings (SSSR count). The number of benzene rings is 2. The molecule has 0 bridgehead atoms. The first-order chi connectivity index (χ1) is 12.5. The number of hydrogen-bond donors (Lipinski definition) is 3. The van der Waals surface area contributed by atoms with Gasteiger partial charge in [0.1, 0.15) is 17.5 Å². The normalized spacial score (nSPS) is 15.8. The van der Waals surface area contributed by atoms with Crippen LogP contribution < -0.4 is 11.1 Å². The van der Waals surface area contributed by atoms with Crippen molar-refractivity contribution in [2.45, 2.75) is 25.4 Å². The number of nitrogens with two attached hydrogens (primary N) is 1. The molecular formula is C19H21F3N4. The summed E-state index contributed by atoms with van der Waals surface area (Å²) in [5.41, 5.74) is 7.81. The summed E-state index contributed by atoms with van der Waals surface area (Å²) in [6, 6.07) is 7.13. The molecule has 0 unspecified atom stereocenters. The molecule has 0 amide bonds. The quantitative estimate of drug-likeness (QED) is 0.560. The zero-order valence-corrected chi connectivity index (χ0v) is 14.2. The zero-order chi connectivity index (χ0) is 18.7. The fourth-order valence-corrected chi connectivity index (χ4v) is 3.21. The number of nitrogen functional groups attached to an aromatic ring is 1. The molecule has 138 valence electrons. The van der Waals surface area contributed by atoms with Crippen LogP contribution in [0.25, 0.3) is 0 Å². The lowest BCUT2D eigenvalue weighted by Gasteiger charge is -2.33. The van der Waals surface area contributed by atoms with Crippen LogP contribution in [-0.4, -0.2) is 30.2 Å². The van der Waals surface area contributed by atoms with Gasteiger partial charge < -0.3 is 16.5 Å². The van der Waals surface area contributed by atoms with Gasteiger partial charge in [-0.3, -0.25) is 4.90 Å². The monoisotopic (exact) mass is 362 g/mol. The van der Waals surface area contributed by atoms with Gasteiger partial charge in [0, 0.05) is 66.5 Å². The highest BCUT2D eigenvalue weighted by Crippen LogP contribution is 2.23. The minimum atomic E-state index is -0.903. The summed E-state index contributed by atoms with van der Waals surface area (Å²) in [6.45, 7) is 1.49. The number of hydrogen-bond acceptors (Lipinski definition) is 4. The molecule has 0 aromatic heterocycles. The minimum Gasteiger partial charge on any atom is -0.398 e. The van der Waals surface area contributed by atoms with Crippen molar-refractivity contribution in [3.63, 3.8) is 0 Å². The molecule has 2 aromatic rings. The van der Waals surface area contributed by atoms with Crippen molar-refractivity contribution in [2.24, 2.45) is 0 Å². The molecule has 7 heteroatoms. The second-order valence-electron chi connectivity index (χ2n) is 6.53. The smallest absolute Gasteiger partial charge is 0.133 e. The van der Waals surface area contributed by atoms with Gasteiger partial charge in [0.25, 0.3) is 0 Å². The second-order valence-corrected chi connectivity index (χ2v) is 6.53. The van der Waals surface area contributed by atoms with Crippen molar-refractivity contribution in [3.05, 3.63) is 58.9 Å². The Labute approximate surface area is 150 Å². The standard InChI is InChI=1S/C19H21F3N4/c20-13-8-17(21)16(18(22)9-13)11-26-5-3-14(4-6-26)25-15-1-2-19(24)12(7-15)10-23/h1-2,7-10,14,23,25H,3-6,11,24H2. The maximum atomic E-state index is 13.8. The van der Waals surface area contributed by atoms with E-state index in [0.717, 1.165) is 18.5 Å². The van der Waals surface area contributed by atoms with Crippen molar-refractivity contribution in [2.75, 3.05) is 24.1 Å². The molecular weight excluding hydrogens is 341 g/mol. The minimum absolute atomic E-state index is 0.0908. The van der Waals surface area contributed by atoms with Gasteiger partial charge >= 0.3 is 0 Å². The van der Waals surface area contributed by atoms with Crippen LogP contribution in [0.4, 0.5) is 24.5 Å². The molecule has 4 nitrogen and oxygen atoms in total. The first-order valence-electron chi connectivity index (χ1n) is 8.48. The molecule has 0 radical (unpaired) electrons. The Morgan fingerprint density at radius 1 is 1.12 bits per heavy atom. The van der Waals surface area contributed by atoms with Crippen molar-refractivity contribution in [1.29, 1.82) is 5.41 Å². The Morgan fingerprint density at radius 2 is 1.77 bits per heavy atom. The first kappa shape index (κ1) is 18.3. The molecule has 26 heavy (non-hydrogen) atoms. The zero-order valence-electron chi connectivity index (χ0n) is 14.2. The largest absolute Gasteiger partial charge is 0.398 e. The van der Waals surface area contributed by atoms with Crippen LogP contribution in [-0.2, 0) is 6.54 Å². The summed E-state index contributed by atoms with van der Waals surface area (Å²) < 4.78 is 40.6. The summed E-state index contributed by atoms with van der Waals surface area (Å²) >= 11 is 0. The summed E-state index contributed by atoms with van der Waals surface area (Å²) in [5.74, 6) is -2.59. The van der Waals surface area contributed by atoms with Crippen molar-refractivity contribution in [3.8, 4) is 0 Å². The number of rotatable bonds is 5. The lowest BCUT2D eigenvalue weighted by atomic mass is 10.0. The summed E-state index contributed by atoms with van der Waals surface area (Å²) in [4.78, 5) is 1.96. The van der Waals surface area contributed by atoms with Crippen molar-refractivity contribution >= 4 is 17.6 Å². The van der Waals surface area contributed by atoms with E-state index in [1.54, 1.807) is 6.07 Å². The van der Waals surface area contributed by atoms with E-state index in [0.29, 0.717) is 36.5 Å². The Balaban J connectivity index is 1.57. The fraction of sp³-hybridized carbons (Fsp3) is 0.316. The van der Waals surface area contributed by atoms with E-state index in [-0.39, 0.29) is 18.2 Å². The molecule has 2 aromatic carbocycles. The van der Waals surface area contributed by atoms with E-state index < -0.39 is 17.5 Å². The second kappa shape index (κ2) is 7.78. The third-order valence-corrected chi connectivity index (χ3v) is 4.69. The van der Waals surface area contributed by atoms with E-state index in [1.165, 1.54) is 6.21 Å². The molecule has 4 N–H and O–H groups in total. The lowest BCUT2D eigenvalue weighted by molar-refractivity contribution is 0.206. The molecule has 0 atom stereocenters. The van der Waals surface area contributed by atoms with Gasteiger partial charge in [-0.05, 0) is 31.0 Å². The van der Waals surface area contributed by atoms with Gasteiger partial charge in [0.15, 0.2) is 0 Å². The Bertz CT molecular complexity index is 778. The van der Waals surface area contributed by atoms with E-state index in [2.05, 4.69) is 5.32 Å².